The minimum Gasteiger partial charge on any atom is -0.181 e. The molecule has 2 nitrogen and oxygen atoms in total. The fraction of sp³-hybridized carbons (Fsp3) is 0. The summed E-state index contributed by atoms with van der Waals surface area (Å²) in [4.78, 5) is 4.03. The van der Waals surface area contributed by atoms with Crippen molar-refractivity contribution in [1.29, 1.82) is 0 Å². The van der Waals surface area contributed by atoms with Crippen LogP contribution in [0.5, 0.6) is 0 Å². The zero-order chi connectivity index (χ0) is 6.97. The first-order valence-corrected chi connectivity index (χ1v) is 3.25. The van der Waals surface area contributed by atoms with Gasteiger partial charge in [-0.15, -0.1) is 0 Å². The number of anilines is 1. The van der Waals surface area contributed by atoms with Crippen molar-refractivity contribution in [3.05, 3.63) is 29.0 Å². The molecule has 48 valence electrons. The molecule has 0 fully saturated rings. The average Bonchev–Trinajstić information content (AvgIpc) is 2.36. The van der Waals surface area contributed by atoms with Crippen LogP contribution in [0.3, 0.4) is 0 Å². The molecule has 0 saturated carbocycles. The molecule has 1 aliphatic rings. The molecule has 3 heteroatoms. The molecule has 0 amide bonds. The summed E-state index contributed by atoms with van der Waals surface area (Å²) in [5, 5.41) is 3.55. The zero-order valence-corrected chi connectivity index (χ0v) is 5.81. The van der Waals surface area contributed by atoms with Gasteiger partial charge in [0, 0.05) is 6.20 Å². The summed E-state index contributed by atoms with van der Waals surface area (Å²) in [5.41, 5.74) is 0.921. The molecular formula is C7H4ClN2+. The van der Waals surface area contributed by atoms with E-state index in [0.29, 0.717) is 5.02 Å². The van der Waals surface area contributed by atoms with Crippen LogP contribution in [0, 0.1) is 6.20 Å². The number of halogens is 1. The molecule has 1 aromatic heterocycles. The molecule has 0 bridgehead atoms. The Hall–Kier alpha value is -1.11. The van der Waals surface area contributed by atoms with Crippen LogP contribution in [0.15, 0.2) is 12.3 Å². The van der Waals surface area contributed by atoms with E-state index in [0.717, 1.165) is 11.4 Å². The predicted molar refractivity (Wildman–Crippen MR) is 40.6 cm³/mol. The molecule has 1 aliphatic heterocycles. The molecule has 0 saturated heterocycles. The van der Waals surface area contributed by atoms with Gasteiger partial charge in [0.1, 0.15) is 17.3 Å². The lowest BCUT2D eigenvalue weighted by Crippen LogP contribution is -1.87. The van der Waals surface area contributed by atoms with Crippen LogP contribution >= 0.6 is 11.6 Å². The Labute approximate surface area is 63.5 Å². The van der Waals surface area contributed by atoms with Crippen molar-refractivity contribution in [3.63, 3.8) is 0 Å². The van der Waals surface area contributed by atoms with Crippen LogP contribution in [0.4, 0.5) is 5.82 Å². The van der Waals surface area contributed by atoms with Crippen molar-refractivity contribution < 1.29 is 0 Å². The lowest BCUT2D eigenvalue weighted by atomic mass is 10.3. The largest absolute Gasteiger partial charge is 0.294 e. The molecule has 0 aromatic carbocycles. The van der Waals surface area contributed by atoms with Crippen molar-refractivity contribution in [2.45, 2.75) is 0 Å². The van der Waals surface area contributed by atoms with Gasteiger partial charge in [0.2, 0.25) is 0 Å². The van der Waals surface area contributed by atoms with Crippen LogP contribution in [-0.4, -0.2) is 4.98 Å². The number of rotatable bonds is 0. The van der Waals surface area contributed by atoms with E-state index >= 15 is 0 Å². The van der Waals surface area contributed by atoms with E-state index in [1.807, 2.05) is 0 Å². The second-order valence-corrected chi connectivity index (χ2v) is 2.38. The third-order valence-corrected chi connectivity index (χ3v) is 1.67. The van der Waals surface area contributed by atoms with E-state index in [9.17, 15) is 0 Å². The van der Waals surface area contributed by atoms with Crippen molar-refractivity contribution in [3.8, 4) is 0 Å². The van der Waals surface area contributed by atoms with Gasteiger partial charge in [0.15, 0.2) is 5.56 Å². The van der Waals surface area contributed by atoms with Crippen LogP contribution in [-0.2, 0) is 0 Å². The Bertz CT molecular complexity index is 294. The van der Waals surface area contributed by atoms with E-state index in [1.165, 1.54) is 0 Å². The van der Waals surface area contributed by atoms with Gasteiger partial charge < -0.3 is 0 Å². The quantitative estimate of drug-likeness (QED) is 0.574. The number of fused-ring (bicyclic) bond motifs is 1. The molecule has 0 spiro atoms. The standard InChI is InChI=1S/C7H4ClN2/c8-6-2-4-10-7-5(6)1-3-9-7/h1-2,4H,(H,9,10)/q+1. The Morgan fingerprint density at radius 1 is 1.60 bits per heavy atom. The first kappa shape index (κ1) is 5.66. The molecule has 0 aliphatic carbocycles. The van der Waals surface area contributed by atoms with Gasteiger partial charge in [-0.1, -0.05) is 11.6 Å². The molecule has 0 unspecified atom stereocenters. The second kappa shape index (κ2) is 1.94. The lowest BCUT2D eigenvalue weighted by molar-refractivity contribution is 1.31. The Morgan fingerprint density at radius 3 is 3.30 bits per heavy atom. The Balaban J connectivity index is 2.67. The van der Waals surface area contributed by atoms with E-state index in [1.54, 1.807) is 18.3 Å². The SMILES string of the molecule is Clc1ccnc2c1C=[C+]N2. The van der Waals surface area contributed by atoms with Gasteiger partial charge in [0.05, 0.1) is 0 Å². The monoisotopic (exact) mass is 151 g/mol. The van der Waals surface area contributed by atoms with Gasteiger partial charge in [-0.25, -0.2) is 0 Å². The normalized spacial score (nSPS) is 12.1. The summed E-state index contributed by atoms with van der Waals surface area (Å²) in [6.07, 6.45) is 6.25. The maximum Gasteiger partial charge on any atom is 0.294 e. The molecular weight excluding hydrogens is 148 g/mol. The number of nitrogens with one attached hydrogen (secondary N) is 1. The van der Waals surface area contributed by atoms with Crippen LogP contribution < -0.4 is 5.32 Å². The second-order valence-electron chi connectivity index (χ2n) is 1.97. The van der Waals surface area contributed by atoms with E-state index in [4.69, 9.17) is 11.6 Å². The molecule has 0 atom stereocenters. The highest BCUT2D eigenvalue weighted by Gasteiger charge is 2.20. The summed E-state index contributed by atoms with van der Waals surface area (Å²) < 4.78 is 0. The average molecular weight is 152 g/mol. The van der Waals surface area contributed by atoms with Gasteiger partial charge in [-0.05, 0) is 6.07 Å². The number of aromatic nitrogens is 1. The summed E-state index contributed by atoms with van der Waals surface area (Å²) in [5.74, 6) is 0.785. The Kier molecular flexibility index (Phi) is 1.10. The number of hydrogen-bond acceptors (Lipinski definition) is 2. The van der Waals surface area contributed by atoms with Crippen molar-refractivity contribution in [2.24, 2.45) is 0 Å². The van der Waals surface area contributed by atoms with E-state index in [-0.39, 0.29) is 0 Å². The number of pyridine rings is 1. The topological polar surface area (TPSA) is 24.9 Å². The van der Waals surface area contributed by atoms with Crippen molar-refractivity contribution in [2.75, 3.05) is 5.32 Å². The molecule has 2 heterocycles. The summed E-state index contributed by atoms with van der Waals surface area (Å²) in [6.45, 7) is 0. The highest BCUT2D eigenvalue weighted by Crippen LogP contribution is 2.26. The van der Waals surface area contributed by atoms with Gasteiger partial charge in [-0.2, -0.15) is 10.3 Å². The van der Waals surface area contributed by atoms with Gasteiger partial charge >= 0.3 is 0 Å². The molecule has 1 N–H and O–H groups in total. The molecule has 0 radical (unpaired) electrons. The highest BCUT2D eigenvalue weighted by atomic mass is 35.5. The minimum atomic E-state index is 0.711. The minimum absolute atomic E-state index is 0.711. The summed E-state index contributed by atoms with van der Waals surface area (Å²) in [6, 6.07) is 1.76. The van der Waals surface area contributed by atoms with E-state index < -0.39 is 0 Å². The Morgan fingerprint density at radius 2 is 2.50 bits per heavy atom. The summed E-state index contributed by atoms with van der Waals surface area (Å²) >= 11 is 5.82. The smallest absolute Gasteiger partial charge is 0.181 e. The van der Waals surface area contributed by atoms with E-state index in [2.05, 4.69) is 16.5 Å². The third-order valence-electron chi connectivity index (χ3n) is 1.34. The number of nitrogens with zero attached hydrogens (tertiary/aromatic N) is 1. The maximum atomic E-state index is 5.82. The number of hydrogen-bond donors (Lipinski definition) is 1. The predicted octanol–water partition coefficient (Wildman–Crippen LogP) is 1.93. The van der Waals surface area contributed by atoms with Gasteiger partial charge in [-0.3, -0.25) is 0 Å². The first-order valence-electron chi connectivity index (χ1n) is 2.87. The highest BCUT2D eigenvalue weighted by molar-refractivity contribution is 6.32. The van der Waals surface area contributed by atoms with Crippen LogP contribution in [0.25, 0.3) is 6.08 Å². The summed E-state index contributed by atoms with van der Waals surface area (Å²) in [7, 11) is 0. The van der Waals surface area contributed by atoms with Crippen LogP contribution in [0.2, 0.25) is 5.02 Å². The van der Waals surface area contributed by atoms with Crippen molar-refractivity contribution in [1.82, 2.24) is 4.98 Å². The maximum absolute atomic E-state index is 5.82. The van der Waals surface area contributed by atoms with Crippen LogP contribution in [0.1, 0.15) is 5.56 Å². The zero-order valence-electron chi connectivity index (χ0n) is 5.06. The molecule has 1 aromatic rings. The molecule has 10 heavy (non-hydrogen) atoms. The first-order chi connectivity index (χ1) is 4.88. The fourth-order valence-corrected chi connectivity index (χ4v) is 1.06. The molecule has 2 rings (SSSR count). The van der Waals surface area contributed by atoms with Gasteiger partial charge in [0.25, 0.3) is 5.82 Å². The van der Waals surface area contributed by atoms with Crippen molar-refractivity contribution >= 4 is 23.5 Å². The lowest BCUT2D eigenvalue weighted by Gasteiger charge is -1.86. The third kappa shape index (κ3) is 0.670. The fourth-order valence-electron chi connectivity index (χ4n) is 0.863.